The van der Waals surface area contributed by atoms with Crippen LogP contribution in [0.2, 0.25) is 0 Å². The lowest BCUT2D eigenvalue weighted by molar-refractivity contribution is 0.0746. The van der Waals surface area contributed by atoms with E-state index >= 15 is 0 Å². The van der Waals surface area contributed by atoms with E-state index in [9.17, 15) is 9.90 Å². The number of amides is 1. The smallest absolute Gasteiger partial charge is 0.253 e. The van der Waals surface area contributed by atoms with Gasteiger partial charge in [0, 0.05) is 62.3 Å². The van der Waals surface area contributed by atoms with Crippen molar-refractivity contribution >= 4 is 17.3 Å². The predicted octanol–water partition coefficient (Wildman–Crippen LogP) is 3.70. The van der Waals surface area contributed by atoms with E-state index in [0.717, 1.165) is 68.0 Å². The summed E-state index contributed by atoms with van der Waals surface area (Å²) in [6.07, 6.45) is 3.50. The molecule has 2 aliphatic heterocycles. The Balaban J connectivity index is 1.45. The van der Waals surface area contributed by atoms with Crippen LogP contribution in [0.1, 0.15) is 47.7 Å². The highest BCUT2D eigenvalue weighted by Gasteiger charge is 2.25. The van der Waals surface area contributed by atoms with Crippen molar-refractivity contribution in [1.29, 1.82) is 0 Å². The molecule has 2 aromatic carbocycles. The molecule has 1 amide bonds. The lowest BCUT2D eigenvalue weighted by Crippen LogP contribution is -2.48. The minimum Gasteiger partial charge on any atom is -0.497 e. The number of fused-ring (bicyclic) bond motifs is 1. The molecule has 0 radical (unpaired) electrons. The first-order valence-corrected chi connectivity index (χ1v) is 11.3. The molecular weight excluding hydrogens is 390 g/mol. The molecule has 6 heteroatoms. The average Bonchev–Trinajstić information content (AvgIpc) is 2.88. The summed E-state index contributed by atoms with van der Waals surface area (Å²) in [6.45, 7) is 3.94. The van der Waals surface area contributed by atoms with Crippen LogP contribution >= 0.6 is 0 Å². The number of carbonyl (C=O) groups excluding carboxylic acids is 1. The standard InChI is InChI=1S/C25H33N3O3/c1-26-13-5-3-4-6-24(29)22-18-19(7-12-23(22)26)25(30)28-16-14-27(15-17-28)20-8-10-21(31-2)11-9-20/h7-12,18,24,29H,3-6,13-17H2,1-2H3. The van der Waals surface area contributed by atoms with Gasteiger partial charge >= 0.3 is 0 Å². The molecule has 1 saturated heterocycles. The molecule has 0 bridgehead atoms. The highest BCUT2D eigenvalue weighted by atomic mass is 16.5. The summed E-state index contributed by atoms with van der Waals surface area (Å²) >= 11 is 0. The second-order valence-corrected chi connectivity index (χ2v) is 8.54. The second kappa shape index (κ2) is 9.60. The van der Waals surface area contributed by atoms with E-state index < -0.39 is 6.10 Å². The van der Waals surface area contributed by atoms with Crippen LogP contribution in [0.4, 0.5) is 11.4 Å². The van der Waals surface area contributed by atoms with E-state index in [-0.39, 0.29) is 5.91 Å². The Hall–Kier alpha value is -2.73. The van der Waals surface area contributed by atoms with Gasteiger partial charge in [0.05, 0.1) is 13.2 Å². The van der Waals surface area contributed by atoms with Crippen molar-refractivity contribution in [1.82, 2.24) is 4.90 Å². The molecule has 31 heavy (non-hydrogen) atoms. The summed E-state index contributed by atoms with van der Waals surface area (Å²) in [5.41, 5.74) is 3.74. The highest BCUT2D eigenvalue weighted by molar-refractivity contribution is 5.95. The number of ether oxygens (including phenoxy) is 1. The van der Waals surface area contributed by atoms with Crippen LogP contribution in [0.5, 0.6) is 5.75 Å². The number of methoxy groups -OCH3 is 1. The summed E-state index contributed by atoms with van der Waals surface area (Å²) in [5.74, 6) is 0.895. The lowest BCUT2D eigenvalue weighted by Gasteiger charge is -2.36. The molecular formula is C25H33N3O3. The zero-order valence-corrected chi connectivity index (χ0v) is 18.6. The second-order valence-electron chi connectivity index (χ2n) is 8.54. The number of hydrogen-bond donors (Lipinski definition) is 1. The summed E-state index contributed by atoms with van der Waals surface area (Å²) in [6, 6.07) is 13.9. The van der Waals surface area contributed by atoms with E-state index in [1.54, 1.807) is 7.11 Å². The van der Waals surface area contributed by atoms with Gasteiger partial charge in [-0.1, -0.05) is 12.8 Å². The summed E-state index contributed by atoms with van der Waals surface area (Å²) < 4.78 is 5.24. The van der Waals surface area contributed by atoms with Crippen LogP contribution in [0.15, 0.2) is 42.5 Å². The molecule has 1 fully saturated rings. The van der Waals surface area contributed by atoms with Gasteiger partial charge in [0.2, 0.25) is 0 Å². The Kier molecular flexibility index (Phi) is 6.66. The molecule has 4 rings (SSSR count). The Bertz CT molecular complexity index is 891. The van der Waals surface area contributed by atoms with Crippen molar-refractivity contribution in [3.8, 4) is 5.75 Å². The van der Waals surface area contributed by atoms with Crippen LogP contribution in [-0.2, 0) is 0 Å². The van der Waals surface area contributed by atoms with Gasteiger partial charge in [0.25, 0.3) is 5.91 Å². The van der Waals surface area contributed by atoms with E-state index in [0.29, 0.717) is 18.7 Å². The van der Waals surface area contributed by atoms with Crippen LogP contribution in [0, 0.1) is 0 Å². The van der Waals surface area contributed by atoms with Gasteiger partial charge in [0.15, 0.2) is 0 Å². The number of benzene rings is 2. The number of aliphatic hydroxyl groups excluding tert-OH is 1. The first-order valence-electron chi connectivity index (χ1n) is 11.3. The first kappa shape index (κ1) is 21.5. The molecule has 0 spiro atoms. The molecule has 0 aliphatic carbocycles. The van der Waals surface area contributed by atoms with Gasteiger partial charge < -0.3 is 24.5 Å². The lowest BCUT2D eigenvalue weighted by atomic mass is 9.99. The van der Waals surface area contributed by atoms with Crippen LogP contribution in [0.3, 0.4) is 0 Å². The predicted molar refractivity (Wildman–Crippen MR) is 124 cm³/mol. The van der Waals surface area contributed by atoms with Gasteiger partial charge in [-0.05, 0) is 55.3 Å². The zero-order valence-electron chi connectivity index (χ0n) is 18.6. The number of anilines is 2. The fraction of sp³-hybridized carbons (Fsp3) is 0.480. The highest BCUT2D eigenvalue weighted by Crippen LogP contribution is 2.32. The van der Waals surface area contributed by atoms with Crippen molar-refractivity contribution in [2.75, 3.05) is 56.7 Å². The number of carbonyl (C=O) groups is 1. The fourth-order valence-electron chi connectivity index (χ4n) is 4.58. The van der Waals surface area contributed by atoms with Crippen LogP contribution in [0.25, 0.3) is 0 Å². The quantitative estimate of drug-likeness (QED) is 0.816. The van der Waals surface area contributed by atoms with E-state index in [1.165, 1.54) is 0 Å². The normalized spacial score (nSPS) is 19.8. The van der Waals surface area contributed by atoms with Gasteiger partial charge in [0.1, 0.15) is 5.75 Å². The monoisotopic (exact) mass is 423 g/mol. The third-order valence-corrected chi connectivity index (χ3v) is 6.52. The topological polar surface area (TPSA) is 56.3 Å². The van der Waals surface area contributed by atoms with Gasteiger partial charge in [-0.3, -0.25) is 4.79 Å². The van der Waals surface area contributed by atoms with Crippen molar-refractivity contribution in [2.24, 2.45) is 0 Å². The fourth-order valence-corrected chi connectivity index (χ4v) is 4.58. The molecule has 0 saturated carbocycles. The Labute approximate surface area is 185 Å². The van der Waals surface area contributed by atoms with Gasteiger partial charge in [-0.15, -0.1) is 0 Å². The van der Waals surface area contributed by atoms with Gasteiger partial charge in [-0.25, -0.2) is 0 Å². The maximum absolute atomic E-state index is 13.2. The van der Waals surface area contributed by atoms with Gasteiger partial charge in [-0.2, -0.15) is 0 Å². The van der Waals surface area contributed by atoms with Crippen LogP contribution < -0.4 is 14.5 Å². The number of aliphatic hydroxyl groups is 1. The molecule has 6 nitrogen and oxygen atoms in total. The largest absolute Gasteiger partial charge is 0.497 e. The van der Waals surface area contributed by atoms with Crippen molar-refractivity contribution in [3.63, 3.8) is 0 Å². The maximum atomic E-state index is 13.2. The maximum Gasteiger partial charge on any atom is 0.253 e. The molecule has 166 valence electrons. The summed E-state index contributed by atoms with van der Waals surface area (Å²) in [7, 11) is 3.73. The number of piperazine rings is 1. The average molecular weight is 424 g/mol. The number of hydrogen-bond acceptors (Lipinski definition) is 5. The van der Waals surface area contributed by atoms with Crippen molar-refractivity contribution < 1.29 is 14.6 Å². The Morgan fingerprint density at radius 1 is 0.968 bits per heavy atom. The number of nitrogens with zero attached hydrogens (tertiary/aromatic N) is 3. The summed E-state index contributed by atoms with van der Waals surface area (Å²) in [4.78, 5) is 19.6. The van der Waals surface area contributed by atoms with Crippen molar-refractivity contribution in [3.05, 3.63) is 53.6 Å². The molecule has 2 heterocycles. The Morgan fingerprint density at radius 3 is 2.42 bits per heavy atom. The molecule has 1 atom stereocenters. The molecule has 2 aromatic rings. The third-order valence-electron chi connectivity index (χ3n) is 6.52. The third kappa shape index (κ3) is 4.79. The molecule has 2 aliphatic rings. The zero-order chi connectivity index (χ0) is 21.8. The van der Waals surface area contributed by atoms with E-state index in [2.05, 4.69) is 29.0 Å². The molecule has 1 unspecified atom stereocenters. The van der Waals surface area contributed by atoms with Crippen molar-refractivity contribution in [2.45, 2.75) is 31.8 Å². The minimum atomic E-state index is -0.518. The van der Waals surface area contributed by atoms with E-state index in [1.807, 2.05) is 35.2 Å². The summed E-state index contributed by atoms with van der Waals surface area (Å²) in [5, 5.41) is 10.8. The SMILES string of the molecule is COc1ccc(N2CCN(C(=O)c3ccc4c(c3)C(O)CCCCCN4C)CC2)cc1. The molecule has 1 N–H and O–H groups in total. The number of rotatable bonds is 3. The molecule has 0 aromatic heterocycles. The van der Waals surface area contributed by atoms with E-state index in [4.69, 9.17) is 4.74 Å². The van der Waals surface area contributed by atoms with Crippen LogP contribution in [-0.4, -0.2) is 62.8 Å². The Morgan fingerprint density at radius 2 is 1.71 bits per heavy atom. The first-order chi connectivity index (χ1) is 15.1. The minimum absolute atomic E-state index is 0.0481.